The van der Waals surface area contributed by atoms with Crippen molar-refractivity contribution in [3.05, 3.63) is 71.6 Å². The molecule has 0 aliphatic carbocycles. The summed E-state index contributed by atoms with van der Waals surface area (Å²) in [6.45, 7) is 0.544. The van der Waals surface area contributed by atoms with Gasteiger partial charge < -0.3 is 10.1 Å². The minimum Gasteiger partial charge on any atom is -0.497 e. The van der Waals surface area contributed by atoms with Gasteiger partial charge in [-0.2, -0.15) is 5.10 Å². The van der Waals surface area contributed by atoms with Gasteiger partial charge in [-0.1, -0.05) is 29.8 Å². The van der Waals surface area contributed by atoms with Crippen molar-refractivity contribution in [1.82, 2.24) is 19.7 Å². The third-order valence-electron chi connectivity index (χ3n) is 4.06. The number of nitrogens with zero attached hydrogens (tertiary/aromatic N) is 4. The van der Waals surface area contributed by atoms with Crippen molar-refractivity contribution in [1.29, 1.82) is 0 Å². The number of hydrogen-bond acceptors (Lipinski definition) is 5. The van der Waals surface area contributed by atoms with E-state index in [4.69, 9.17) is 16.3 Å². The maximum atomic E-state index is 6.26. The van der Waals surface area contributed by atoms with Gasteiger partial charge in [-0.15, -0.1) is 0 Å². The fraction of sp³-hybridized carbons (Fsp3) is 0.105. The number of aromatic nitrogens is 4. The van der Waals surface area contributed by atoms with Crippen molar-refractivity contribution in [2.75, 3.05) is 12.4 Å². The lowest BCUT2D eigenvalue weighted by molar-refractivity contribution is 0.415. The van der Waals surface area contributed by atoms with Gasteiger partial charge in [0.25, 0.3) is 0 Å². The molecule has 0 amide bonds. The Kier molecular flexibility index (Phi) is 4.41. The SMILES string of the molecule is COc1ccc(Nc2ncnc3c2cnn3Cc2ccccc2Cl)cc1. The molecule has 0 radical (unpaired) electrons. The highest BCUT2D eigenvalue weighted by molar-refractivity contribution is 6.31. The number of halogens is 1. The van der Waals surface area contributed by atoms with Gasteiger partial charge in [0.1, 0.15) is 17.9 Å². The standard InChI is InChI=1S/C19H16ClN5O/c1-26-15-8-6-14(7-9-15)24-18-16-10-23-25(19(16)22-12-21-18)11-13-4-2-3-5-17(13)20/h2-10,12H,11H2,1H3,(H,21,22,24). The van der Waals surface area contributed by atoms with Crippen LogP contribution < -0.4 is 10.1 Å². The molecule has 4 aromatic rings. The topological polar surface area (TPSA) is 64.9 Å². The van der Waals surface area contributed by atoms with Crippen LogP contribution in [0.1, 0.15) is 5.56 Å². The smallest absolute Gasteiger partial charge is 0.163 e. The number of rotatable bonds is 5. The number of methoxy groups -OCH3 is 1. The second-order valence-electron chi connectivity index (χ2n) is 5.71. The minimum absolute atomic E-state index is 0.544. The molecule has 1 N–H and O–H groups in total. The van der Waals surface area contributed by atoms with Gasteiger partial charge in [0.05, 0.1) is 25.2 Å². The summed E-state index contributed by atoms with van der Waals surface area (Å²) in [6, 6.07) is 15.4. The van der Waals surface area contributed by atoms with Crippen LogP contribution in [0.5, 0.6) is 5.75 Å². The van der Waals surface area contributed by atoms with E-state index in [2.05, 4.69) is 20.4 Å². The lowest BCUT2D eigenvalue weighted by Crippen LogP contribution is -2.03. The van der Waals surface area contributed by atoms with Crippen LogP contribution in [0.3, 0.4) is 0 Å². The first-order valence-corrected chi connectivity index (χ1v) is 8.43. The summed E-state index contributed by atoms with van der Waals surface area (Å²) < 4.78 is 7.00. The van der Waals surface area contributed by atoms with E-state index >= 15 is 0 Å². The van der Waals surface area contributed by atoms with Crippen LogP contribution in [0.25, 0.3) is 11.0 Å². The predicted molar refractivity (Wildman–Crippen MR) is 102 cm³/mol. The molecule has 0 saturated carbocycles. The highest BCUT2D eigenvalue weighted by Gasteiger charge is 2.11. The molecule has 0 fully saturated rings. The van der Waals surface area contributed by atoms with Crippen LogP contribution in [0.4, 0.5) is 11.5 Å². The van der Waals surface area contributed by atoms with E-state index < -0.39 is 0 Å². The molecule has 26 heavy (non-hydrogen) atoms. The summed E-state index contributed by atoms with van der Waals surface area (Å²) in [7, 11) is 1.64. The van der Waals surface area contributed by atoms with Crippen LogP contribution in [-0.4, -0.2) is 26.9 Å². The first-order valence-electron chi connectivity index (χ1n) is 8.05. The summed E-state index contributed by atoms with van der Waals surface area (Å²) in [5, 5.41) is 9.31. The van der Waals surface area contributed by atoms with Crippen molar-refractivity contribution in [2.45, 2.75) is 6.54 Å². The Morgan fingerprint density at radius 3 is 2.65 bits per heavy atom. The molecule has 0 aliphatic heterocycles. The molecular formula is C19H16ClN5O. The van der Waals surface area contributed by atoms with E-state index in [9.17, 15) is 0 Å². The van der Waals surface area contributed by atoms with Gasteiger partial charge in [0.15, 0.2) is 5.65 Å². The van der Waals surface area contributed by atoms with Gasteiger partial charge in [-0.05, 0) is 35.9 Å². The lowest BCUT2D eigenvalue weighted by Gasteiger charge is -2.08. The largest absolute Gasteiger partial charge is 0.497 e. The fourth-order valence-electron chi connectivity index (χ4n) is 2.71. The molecule has 0 atom stereocenters. The minimum atomic E-state index is 0.544. The van der Waals surface area contributed by atoms with Gasteiger partial charge in [-0.25, -0.2) is 14.6 Å². The number of ether oxygens (including phenoxy) is 1. The quantitative estimate of drug-likeness (QED) is 0.571. The summed E-state index contributed by atoms with van der Waals surface area (Å²) in [4.78, 5) is 8.73. The fourth-order valence-corrected chi connectivity index (χ4v) is 2.90. The molecule has 4 rings (SSSR count). The maximum Gasteiger partial charge on any atom is 0.163 e. The van der Waals surface area contributed by atoms with E-state index in [0.717, 1.165) is 28.0 Å². The molecule has 0 spiro atoms. The Morgan fingerprint density at radius 2 is 1.88 bits per heavy atom. The molecule has 7 heteroatoms. The Morgan fingerprint density at radius 1 is 1.08 bits per heavy atom. The van der Waals surface area contributed by atoms with Gasteiger partial charge in [0, 0.05) is 10.7 Å². The second kappa shape index (κ2) is 7.01. The van der Waals surface area contributed by atoms with E-state index in [1.54, 1.807) is 13.3 Å². The summed E-state index contributed by atoms with van der Waals surface area (Å²) in [6.07, 6.45) is 3.29. The van der Waals surface area contributed by atoms with E-state index in [1.807, 2.05) is 53.2 Å². The van der Waals surface area contributed by atoms with Crippen LogP contribution in [0.15, 0.2) is 61.1 Å². The van der Waals surface area contributed by atoms with Gasteiger partial charge in [-0.3, -0.25) is 0 Å². The monoisotopic (exact) mass is 365 g/mol. The maximum absolute atomic E-state index is 6.26. The lowest BCUT2D eigenvalue weighted by atomic mass is 10.2. The number of nitrogens with one attached hydrogen (secondary N) is 1. The summed E-state index contributed by atoms with van der Waals surface area (Å²) >= 11 is 6.26. The Labute approximate surface area is 155 Å². The third kappa shape index (κ3) is 3.19. The van der Waals surface area contributed by atoms with Crippen molar-refractivity contribution in [3.63, 3.8) is 0 Å². The molecule has 2 heterocycles. The first-order chi connectivity index (χ1) is 12.7. The average molecular weight is 366 g/mol. The van der Waals surface area contributed by atoms with Crippen molar-refractivity contribution in [2.24, 2.45) is 0 Å². The van der Waals surface area contributed by atoms with Gasteiger partial charge in [0.2, 0.25) is 0 Å². The first kappa shape index (κ1) is 16.4. The van der Waals surface area contributed by atoms with E-state index in [-0.39, 0.29) is 0 Å². The Balaban J connectivity index is 1.65. The Bertz CT molecular complexity index is 1050. The van der Waals surface area contributed by atoms with Crippen molar-refractivity contribution >= 4 is 34.1 Å². The number of benzene rings is 2. The normalized spacial score (nSPS) is 10.8. The van der Waals surface area contributed by atoms with Gasteiger partial charge >= 0.3 is 0 Å². The van der Waals surface area contributed by atoms with Crippen LogP contribution in [0.2, 0.25) is 5.02 Å². The zero-order valence-electron chi connectivity index (χ0n) is 14.1. The molecule has 0 bridgehead atoms. The molecular weight excluding hydrogens is 350 g/mol. The van der Waals surface area contributed by atoms with Crippen LogP contribution in [-0.2, 0) is 6.54 Å². The zero-order chi connectivity index (χ0) is 17.9. The Hall–Kier alpha value is -3.12. The van der Waals surface area contributed by atoms with E-state index in [1.165, 1.54) is 6.33 Å². The molecule has 0 aliphatic rings. The molecule has 130 valence electrons. The highest BCUT2D eigenvalue weighted by Crippen LogP contribution is 2.25. The van der Waals surface area contributed by atoms with Crippen LogP contribution in [0, 0.1) is 0 Å². The molecule has 6 nitrogen and oxygen atoms in total. The van der Waals surface area contributed by atoms with Crippen LogP contribution >= 0.6 is 11.6 Å². The molecule has 0 saturated heterocycles. The summed E-state index contributed by atoms with van der Waals surface area (Å²) in [5.74, 6) is 1.50. The zero-order valence-corrected chi connectivity index (χ0v) is 14.8. The third-order valence-corrected chi connectivity index (χ3v) is 4.43. The average Bonchev–Trinajstić information content (AvgIpc) is 3.08. The van der Waals surface area contributed by atoms with Crippen molar-refractivity contribution < 1.29 is 4.74 Å². The predicted octanol–water partition coefficient (Wildman–Crippen LogP) is 4.28. The molecule has 2 aromatic heterocycles. The summed E-state index contributed by atoms with van der Waals surface area (Å²) in [5.41, 5.74) is 2.64. The van der Waals surface area contributed by atoms with E-state index in [0.29, 0.717) is 17.4 Å². The number of anilines is 2. The molecule has 2 aromatic carbocycles. The van der Waals surface area contributed by atoms with Crippen molar-refractivity contribution in [3.8, 4) is 5.75 Å². The highest BCUT2D eigenvalue weighted by atomic mass is 35.5. The number of hydrogen-bond donors (Lipinski definition) is 1. The molecule has 0 unspecified atom stereocenters. The second-order valence-corrected chi connectivity index (χ2v) is 6.11. The number of fused-ring (bicyclic) bond motifs is 1.